The predicted molar refractivity (Wildman–Crippen MR) is 115 cm³/mol. The van der Waals surface area contributed by atoms with Gasteiger partial charge in [0.2, 0.25) is 0 Å². The Morgan fingerprint density at radius 1 is 0.935 bits per heavy atom. The van der Waals surface area contributed by atoms with Crippen LogP contribution in [-0.4, -0.2) is 42.9 Å². The lowest BCUT2D eigenvalue weighted by molar-refractivity contribution is -0.146. The third-order valence-electron chi connectivity index (χ3n) is 4.56. The lowest BCUT2D eigenvalue weighted by atomic mass is 10.1. The number of aryl methyl sites for hydroxylation is 2. The number of anilines is 1. The molecule has 3 amide bonds. The van der Waals surface area contributed by atoms with Crippen molar-refractivity contribution in [2.24, 2.45) is 0 Å². The molecule has 1 aliphatic rings. The Balaban J connectivity index is 1.42. The Labute approximate surface area is 180 Å². The quantitative estimate of drug-likeness (QED) is 0.563. The van der Waals surface area contributed by atoms with Crippen molar-refractivity contribution >= 4 is 29.4 Å². The predicted octanol–water partition coefficient (Wildman–Crippen LogP) is 2.11. The SMILES string of the molecule is Cc1cc(C)cc(C(=O)NCC(=O)OCC(=O)Nc2cccc(C(=O)NC3CC3)c2)c1. The van der Waals surface area contributed by atoms with Gasteiger partial charge in [-0.05, 0) is 57.0 Å². The molecule has 0 aromatic heterocycles. The molecule has 8 nitrogen and oxygen atoms in total. The maximum atomic E-state index is 12.2. The lowest BCUT2D eigenvalue weighted by Crippen LogP contribution is -2.32. The molecule has 162 valence electrons. The molecule has 3 N–H and O–H groups in total. The molecule has 1 saturated carbocycles. The van der Waals surface area contributed by atoms with E-state index in [2.05, 4.69) is 16.0 Å². The molecule has 1 fully saturated rings. The molecule has 0 unspecified atom stereocenters. The molecular formula is C23H25N3O5. The molecule has 0 saturated heterocycles. The fraction of sp³-hybridized carbons (Fsp3) is 0.304. The normalized spacial score (nSPS) is 12.6. The van der Waals surface area contributed by atoms with E-state index in [0.29, 0.717) is 16.8 Å². The second-order valence-electron chi connectivity index (χ2n) is 7.60. The average Bonchev–Trinajstić information content (AvgIpc) is 3.54. The van der Waals surface area contributed by atoms with Gasteiger partial charge in [0, 0.05) is 22.9 Å². The Bertz CT molecular complexity index is 994. The van der Waals surface area contributed by atoms with E-state index in [1.807, 2.05) is 19.9 Å². The Kier molecular flexibility index (Phi) is 7.02. The first kappa shape index (κ1) is 22.0. The minimum Gasteiger partial charge on any atom is -0.454 e. The third-order valence-corrected chi connectivity index (χ3v) is 4.56. The van der Waals surface area contributed by atoms with Gasteiger partial charge in [-0.2, -0.15) is 0 Å². The van der Waals surface area contributed by atoms with Gasteiger partial charge < -0.3 is 20.7 Å². The lowest BCUT2D eigenvalue weighted by Gasteiger charge is -2.09. The number of amides is 3. The average molecular weight is 423 g/mol. The fourth-order valence-corrected chi connectivity index (χ4v) is 2.99. The molecule has 0 aliphatic heterocycles. The maximum Gasteiger partial charge on any atom is 0.325 e. The van der Waals surface area contributed by atoms with Gasteiger partial charge in [-0.1, -0.05) is 23.3 Å². The van der Waals surface area contributed by atoms with Crippen molar-refractivity contribution in [3.05, 3.63) is 64.7 Å². The highest BCUT2D eigenvalue weighted by atomic mass is 16.5. The van der Waals surface area contributed by atoms with Gasteiger partial charge in [0.15, 0.2) is 6.61 Å². The number of hydrogen-bond acceptors (Lipinski definition) is 5. The van der Waals surface area contributed by atoms with E-state index in [1.54, 1.807) is 36.4 Å². The molecular weight excluding hydrogens is 398 g/mol. The summed E-state index contributed by atoms with van der Waals surface area (Å²) in [4.78, 5) is 48.1. The monoisotopic (exact) mass is 423 g/mol. The van der Waals surface area contributed by atoms with E-state index >= 15 is 0 Å². The molecule has 2 aromatic rings. The number of hydrogen-bond donors (Lipinski definition) is 3. The number of benzene rings is 2. The van der Waals surface area contributed by atoms with Gasteiger partial charge in [-0.3, -0.25) is 19.2 Å². The number of carbonyl (C=O) groups excluding carboxylic acids is 4. The molecule has 3 rings (SSSR count). The largest absolute Gasteiger partial charge is 0.454 e. The topological polar surface area (TPSA) is 114 Å². The molecule has 0 bridgehead atoms. The van der Waals surface area contributed by atoms with Crippen molar-refractivity contribution < 1.29 is 23.9 Å². The van der Waals surface area contributed by atoms with Gasteiger partial charge in [0.25, 0.3) is 17.7 Å². The number of rotatable bonds is 8. The van der Waals surface area contributed by atoms with Crippen molar-refractivity contribution in [1.29, 1.82) is 0 Å². The van der Waals surface area contributed by atoms with Crippen molar-refractivity contribution in [3.8, 4) is 0 Å². The van der Waals surface area contributed by atoms with E-state index in [9.17, 15) is 19.2 Å². The van der Waals surface area contributed by atoms with Crippen LogP contribution < -0.4 is 16.0 Å². The van der Waals surface area contributed by atoms with E-state index in [-0.39, 0.29) is 18.5 Å². The van der Waals surface area contributed by atoms with Crippen LogP contribution in [0.3, 0.4) is 0 Å². The van der Waals surface area contributed by atoms with Gasteiger partial charge in [0.05, 0.1) is 0 Å². The van der Waals surface area contributed by atoms with Gasteiger partial charge >= 0.3 is 5.97 Å². The summed E-state index contributed by atoms with van der Waals surface area (Å²) in [7, 11) is 0. The summed E-state index contributed by atoms with van der Waals surface area (Å²) in [6.45, 7) is 2.91. The van der Waals surface area contributed by atoms with Crippen molar-refractivity contribution in [2.45, 2.75) is 32.7 Å². The summed E-state index contributed by atoms with van der Waals surface area (Å²) < 4.78 is 4.90. The number of carbonyl (C=O) groups is 4. The summed E-state index contributed by atoms with van der Waals surface area (Å²) in [5.74, 6) is -1.86. The second kappa shape index (κ2) is 9.88. The highest BCUT2D eigenvalue weighted by Crippen LogP contribution is 2.20. The summed E-state index contributed by atoms with van der Waals surface area (Å²) in [5.41, 5.74) is 3.20. The Hall–Kier alpha value is -3.68. The molecule has 0 spiro atoms. The maximum absolute atomic E-state index is 12.2. The molecule has 2 aromatic carbocycles. The van der Waals surface area contributed by atoms with E-state index in [4.69, 9.17) is 4.74 Å². The first-order chi connectivity index (χ1) is 14.8. The zero-order valence-electron chi connectivity index (χ0n) is 17.5. The van der Waals surface area contributed by atoms with E-state index in [0.717, 1.165) is 24.0 Å². The first-order valence-electron chi connectivity index (χ1n) is 10.0. The van der Waals surface area contributed by atoms with Crippen LogP contribution in [0.1, 0.15) is 44.7 Å². The summed E-state index contributed by atoms with van der Waals surface area (Å²) in [6, 6.07) is 12.1. The van der Waals surface area contributed by atoms with E-state index in [1.165, 1.54) is 0 Å². The molecule has 0 heterocycles. The highest BCUT2D eigenvalue weighted by Gasteiger charge is 2.23. The third kappa shape index (κ3) is 6.95. The van der Waals surface area contributed by atoms with Crippen LogP contribution in [0.5, 0.6) is 0 Å². The van der Waals surface area contributed by atoms with Crippen LogP contribution in [0.15, 0.2) is 42.5 Å². The summed E-state index contributed by atoms with van der Waals surface area (Å²) >= 11 is 0. The molecule has 31 heavy (non-hydrogen) atoms. The Morgan fingerprint density at radius 2 is 1.65 bits per heavy atom. The standard InChI is InChI=1S/C23H25N3O5/c1-14-8-15(2)10-17(9-14)22(29)24-12-21(28)31-13-20(27)25-19-5-3-4-16(11-19)23(30)26-18-6-7-18/h3-5,8-11,18H,6-7,12-13H2,1-2H3,(H,24,29)(H,25,27)(H,26,30). The van der Waals surface area contributed by atoms with Crippen LogP contribution in [0.4, 0.5) is 5.69 Å². The van der Waals surface area contributed by atoms with Crippen molar-refractivity contribution in [1.82, 2.24) is 10.6 Å². The number of nitrogens with one attached hydrogen (secondary N) is 3. The van der Waals surface area contributed by atoms with Crippen LogP contribution in [-0.2, 0) is 14.3 Å². The van der Waals surface area contributed by atoms with E-state index < -0.39 is 24.4 Å². The molecule has 0 radical (unpaired) electrons. The highest BCUT2D eigenvalue weighted by molar-refractivity contribution is 5.98. The molecule has 8 heteroatoms. The van der Waals surface area contributed by atoms with Crippen molar-refractivity contribution in [3.63, 3.8) is 0 Å². The van der Waals surface area contributed by atoms with Crippen molar-refractivity contribution in [2.75, 3.05) is 18.5 Å². The van der Waals surface area contributed by atoms with Crippen LogP contribution in [0.25, 0.3) is 0 Å². The second-order valence-corrected chi connectivity index (χ2v) is 7.60. The number of ether oxygens (including phenoxy) is 1. The summed E-state index contributed by atoms with van der Waals surface area (Å²) in [5, 5.41) is 7.93. The number of esters is 1. The van der Waals surface area contributed by atoms with Crippen LogP contribution in [0, 0.1) is 13.8 Å². The van der Waals surface area contributed by atoms with Gasteiger partial charge in [-0.25, -0.2) is 0 Å². The zero-order valence-corrected chi connectivity index (χ0v) is 17.5. The smallest absolute Gasteiger partial charge is 0.325 e. The fourth-order valence-electron chi connectivity index (χ4n) is 2.99. The Morgan fingerprint density at radius 3 is 2.32 bits per heavy atom. The summed E-state index contributed by atoms with van der Waals surface area (Å²) in [6.07, 6.45) is 1.97. The molecule has 1 aliphatic carbocycles. The van der Waals surface area contributed by atoms with Crippen LogP contribution in [0.2, 0.25) is 0 Å². The molecule has 0 atom stereocenters. The zero-order chi connectivity index (χ0) is 22.4. The van der Waals surface area contributed by atoms with Crippen LogP contribution >= 0.6 is 0 Å². The van der Waals surface area contributed by atoms with Gasteiger partial charge in [0.1, 0.15) is 6.54 Å². The van der Waals surface area contributed by atoms with Gasteiger partial charge in [-0.15, -0.1) is 0 Å². The minimum atomic E-state index is -0.731. The minimum absolute atomic E-state index is 0.190. The first-order valence-corrected chi connectivity index (χ1v) is 10.0.